The summed E-state index contributed by atoms with van der Waals surface area (Å²) in [5.41, 5.74) is 16.2. The number of aliphatic hydroxyl groups is 1. The minimum Gasteiger partial charge on any atom is -0.458 e. The van der Waals surface area contributed by atoms with Gasteiger partial charge in [-0.15, -0.1) is 0 Å². The summed E-state index contributed by atoms with van der Waals surface area (Å²) >= 11 is 0. The molecule has 0 saturated carbocycles. The van der Waals surface area contributed by atoms with Gasteiger partial charge in [-0.1, -0.05) is 190 Å². The standard InChI is InChI=1S/C67H58N2O3/c1-43-34-38-50(39-35-43)68(52-25-15-24-49(42-52)45(3)18-14-33-60(70)48-22-9-6-10-23-48)62-54-26-11-12-27-55(54)63(67-61(62)58-31-13-19-46(4)64(58)71-67)69(51-40-36-44(2)37-41-51)59-32-17-30-57-56-29-16-28-53(65(56)72-66(57)59)47-20-7-5-8-21-47/h5-13,15-17,20-32,34-36,38-42,44,46,60,70H,3,14,18-19,33,37H2,1-2,4H3. The van der Waals surface area contributed by atoms with Gasteiger partial charge in [-0.05, 0) is 104 Å². The second kappa shape index (κ2) is 18.9. The van der Waals surface area contributed by atoms with E-state index in [1.165, 1.54) is 5.56 Å². The van der Waals surface area contributed by atoms with Crippen molar-refractivity contribution in [3.05, 3.63) is 234 Å². The number of rotatable bonds is 13. The Balaban J connectivity index is 1.09. The number of aliphatic hydroxyl groups excluding tert-OH is 1. The molecule has 2 aliphatic rings. The van der Waals surface area contributed by atoms with Gasteiger partial charge < -0.3 is 23.7 Å². The molecule has 0 saturated heterocycles. The molecule has 0 fully saturated rings. The molecule has 0 radical (unpaired) electrons. The lowest BCUT2D eigenvalue weighted by molar-refractivity contribution is 0.165. The molecule has 2 heterocycles. The molecule has 0 bridgehead atoms. The van der Waals surface area contributed by atoms with E-state index in [0.717, 1.165) is 143 Å². The molecule has 0 spiro atoms. The van der Waals surface area contributed by atoms with Crippen LogP contribution in [-0.2, 0) is 0 Å². The predicted octanol–water partition coefficient (Wildman–Crippen LogP) is 19.0. The van der Waals surface area contributed by atoms with Gasteiger partial charge in [0.2, 0.25) is 0 Å². The van der Waals surface area contributed by atoms with E-state index in [1.54, 1.807) is 0 Å². The van der Waals surface area contributed by atoms with Crippen molar-refractivity contribution in [2.45, 2.75) is 64.9 Å². The van der Waals surface area contributed by atoms with Crippen molar-refractivity contribution in [2.75, 3.05) is 9.80 Å². The van der Waals surface area contributed by atoms with E-state index in [2.05, 4.69) is 207 Å². The van der Waals surface area contributed by atoms with Crippen molar-refractivity contribution < 1.29 is 13.9 Å². The summed E-state index contributed by atoms with van der Waals surface area (Å²) in [6.07, 6.45) is 15.1. The van der Waals surface area contributed by atoms with Crippen LogP contribution < -0.4 is 9.80 Å². The van der Waals surface area contributed by atoms with Crippen LogP contribution in [0.5, 0.6) is 0 Å². The van der Waals surface area contributed by atoms with Gasteiger partial charge in [0, 0.05) is 55.7 Å². The normalized spacial score (nSPS) is 15.8. The van der Waals surface area contributed by atoms with Crippen LogP contribution in [0.25, 0.3) is 66.5 Å². The Labute approximate surface area is 422 Å². The topological polar surface area (TPSA) is 53.0 Å². The van der Waals surface area contributed by atoms with Crippen LogP contribution >= 0.6 is 0 Å². The van der Waals surface area contributed by atoms with E-state index in [9.17, 15) is 5.11 Å². The Hall–Kier alpha value is -8.12. The molecule has 354 valence electrons. The van der Waals surface area contributed by atoms with E-state index in [1.807, 2.05) is 30.3 Å². The number of fused-ring (bicyclic) bond motifs is 7. The van der Waals surface area contributed by atoms with Crippen LogP contribution in [0.15, 0.2) is 215 Å². The molecule has 3 unspecified atom stereocenters. The molecule has 72 heavy (non-hydrogen) atoms. The minimum atomic E-state index is -0.511. The van der Waals surface area contributed by atoms with Crippen LogP contribution in [0.4, 0.5) is 28.4 Å². The van der Waals surface area contributed by atoms with Gasteiger partial charge in [0.15, 0.2) is 11.2 Å². The van der Waals surface area contributed by atoms with Crippen molar-refractivity contribution >= 4 is 83.8 Å². The van der Waals surface area contributed by atoms with E-state index in [-0.39, 0.29) is 5.92 Å². The fourth-order valence-corrected chi connectivity index (χ4v) is 11.1. The van der Waals surface area contributed by atoms with Crippen LogP contribution in [0, 0.1) is 12.8 Å². The monoisotopic (exact) mass is 938 g/mol. The molecular formula is C67H58N2O3. The van der Waals surface area contributed by atoms with Crippen LogP contribution in [0.3, 0.4) is 0 Å². The first-order valence-electron chi connectivity index (χ1n) is 25.5. The van der Waals surface area contributed by atoms with E-state index >= 15 is 0 Å². The Bertz CT molecular complexity index is 3760. The summed E-state index contributed by atoms with van der Waals surface area (Å²) in [6.45, 7) is 11.3. The molecule has 12 rings (SSSR count). The van der Waals surface area contributed by atoms with Gasteiger partial charge >= 0.3 is 0 Å². The quantitative estimate of drug-likeness (QED) is 0.117. The number of nitrogens with zero attached hydrogens (tertiary/aromatic N) is 2. The van der Waals surface area contributed by atoms with Gasteiger partial charge in [-0.25, -0.2) is 0 Å². The lowest BCUT2D eigenvalue weighted by Crippen LogP contribution is -2.19. The summed E-state index contributed by atoms with van der Waals surface area (Å²) in [5.74, 6) is 1.56. The van der Waals surface area contributed by atoms with Crippen LogP contribution in [-0.4, -0.2) is 5.11 Å². The summed E-state index contributed by atoms with van der Waals surface area (Å²) < 4.78 is 14.7. The maximum Gasteiger partial charge on any atom is 0.161 e. The molecule has 0 aliphatic heterocycles. The summed E-state index contributed by atoms with van der Waals surface area (Å²) in [5, 5.41) is 16.4. The molecule has 5 nitrogen and oxygen atoms in total. The second-order valence-electron chi connectivity index (χ2n) is 19.9. The van der Waals surface area contributed by atoms with Gasteiger partial charge in [-0.3, -0.25) is 0 Å². The Kier molecular flexibility index (Phi) is 11.8. The number of hydrogen-bond donors (Lipinski definition) is 1. The number of allylic oxidation sites excluding steroid dienone is 5. The maximum absolute atomic E-state index is 11.0. The molecular weight excluding hydrogens is 881 g/mol. The third-order valence-corrected chi connectivity index (χ3v) is 14.9. The highest BCUT2D eigenvalue weighted by Crippen LogP contribution is 2.55. The number of hydrogen-bond acceptors (Lipinski definition) is 5. The SMILES string of the molecule is C=C(CCCC(O)c1ccccc1)c1cccc(N(c2ccc(C)cc2)c2c3ccccc3c(N(C3=CCC(C)C=C3)c3cccc4c3oc3c(-c5ccccc5)cccc34)c3oc4c(c23)C=CCC4C)c1. The minimum absolute atomic E-state index is 0.166. The van der Waals surface area contributed by atoms with Crippen LogP contribution in [0.1, 0.15) is 86.0 Å². The highest BCUT2D eigenvalue weighted by atomic mass is 16.3. The molecule has 8 aromatic carbocycles. The molecule has 2 aliphatic carbocycles. The average molecular weight is 939 g/mol. The first-order valence-corrected chi connectivity index (χ1v) is 25.5. The van der Waals surface area contributed by atoms with Gasteiger partial charge in [0.25, 0.3) is 0 Å². The highest BCUT2D eigenvalue weighted by molar-refractivity contribution is 6.24. The first-order chi connectivity index (χ1) is 35.3. The van der Waals surface area contributed by atoms with Crippen molar-refractivity contribution in [1.82, 2.24) is 0 Å². The lowest BCUT2D eigenvalue weighted by Gasteiger charge is -2.32. The van der Waals surface area contributed by atoms with Crippen molar-refractivity contribution in [1.29, 1.82) is 0 Å². The van der Waals surface area contributed by atoms with Gasteiger partial charge in [0.05, 0.1) is 28.6 Å². The second-order valence-corrected chi connectivity index (χ2v) is 19.9. The molecule has 10 aromatic rings. The fraction of sp³-hybridized carbons (Fsp3) is 0.164. The lowest BCUT2D eigenvalue weighted by atomic mass is 9.91. The summed E-state index contributed by atoms with van der Waals surface area (Å²) in [6, 6.07) is 60.1. The zero-order valence-electron chi connectivity index (χ0n) is 41.2. The molecule has 2 aromatic heterocycles. The third kappa shape index (κ3) is 8.04. The number of aryl methyl sites for hydroxylation is 1. The highest BCUT2D eigenvalue weighted by Gasteiger charge is 2.34. The Morgan fingerprint density at radius 1 is 0.653 bits per heavy atom. The van der Waals surface area contributed by atoms with Crippen LogP contribution in [0.2, 0.25) is 0 Å². The maximum atomic E-state index is 11.0. The largest absolute Gasteiger partial charge is 0.458 e. The number of benzene rings is 8. The van der Waals surface area contributed by atoms with E-state index in [0.29, 0.717) is 12.3 Å². The molecule has 0 amide bonds. The summed E-state index contributed by atoms with van der Waals surface area (Å²) in [7, 11) is 0. The zero-order valence-corrected chi connectivity index (χ0v) is 41.2. The van der Waals surface area contributed by atoms with Gasteiger partial charge in [-0.2, -0.15) is 0 Å². The van der Waals surface area contributed by atoms with Gasteiger partial charge in [0.1, 0.15) is 11.3 Å². The average Bonchev–Trinajstić information content (AvgIpc) is 4.01. The molecule has 3 atom stereocenters. The number of anilines is 5. The van der Waals surface area contributed by atoms with E-state index < -0.39 is 6.10 Å². The number of furan rings is 2. The molecule has 1 N–H and O–H groups in total. The zero-order chi connectivity index (χ0) is 48.9. The number of para-hydroxylation sites is 2. The van der Waals surface area contributed by atoms with Crippen molar-refractivity contribution in [3.8, 4) is 11.1 Å². The Morgan fingerprint density at radius 3 is 2.11 bits per heavy atom. The third-order valence-electron chi connectivity index (χ3n) is 14.9. The molecule has 5 heteroatoms. The Morgan fingerprint density at radius 2 is 1.35 bits per heavy atom. The van der Waals surface area contributed by atoms with Crippen molar-refractivity contribution in [3.63, 3.8) is 0 Å². The first kappa shape index (κ1) is 45.0. The summed E-state index contributed by atoms with van der Waals surface area (Å²) in [4.78, 5) is 4.85. The fourth-order valence-electron chi connectivity index (χ4n) is 11.1. The van der Waals surface area contributed by atoms with Crippen molar-refractivity contribution in [2.24, 2.45) is 5.92 Å². The smallest absolute Gasteiger partial charge is 0.161 e. The predicted molar refractivity (Wildman–Crippen MR) is 302 cm³/mol. The van der Waals surface area contributed by atoms with E-state index in [4.69, 9.17) is 8.83 Å².